The molecule has 156 valence electrons. The number of pyridine rings is 2. The fraction of sp³-hybridized carbons (Fsp3) is 0.208. The lowest BCUT2D eigenvalue weighted by molar-refractivity contribution is 0.102. The Balaban J connectivity index is 1.48. The van der Waals surface area contributed by atoms with Crippen molar-refractivity contribution < 1.29 is 4.79 Å². The minimum Gasteiger partial charge on any atom is -0.342 e. The van der Waals surface area contributed by atoms with E-state index in [1.54, 1.807) is 18.5 Å². The summed E-state index contributed by atoms with van der Waals surface area (Å²) in [5, 5.41) is 7.73. The van der Waals surface area contributed by atoms with Gasteiger partial charge < -0.3 is 15.2 Å². The first-order valence-electron chi connectivity index (χ1n) is 10.4. The van der Waals surface area contributed by atoms with Gasteiger partial charge in [0.25, 0.3) is 5.91 Å². The number of nitrogens with one attached hydrogen (secondary N) is 2. The van der Waals surface area contributed by atoms with Crippen LogP contribution >= 0.6 is 11.6 Å². The molecule has 3 aromatic heterocycles. The molecule has 0 saturated carbocycles. The van der Waals surface area contributed by atoms with E-state index in [-0.39, 0.29) is 5.91 Å². The van der Waals surface area contributed by atoms with Gasteiger partial charge in [-0.25, -0.2) is 9.97 Å². The van der Waals surface area contributed by atoms with Crippen molar-refractivity contribution in [3.05, 3.63) is 77.8 Å². The Morgan fingerprint density at radius 3 is 2.71 bits per heavy atom. The second-order valence-corrected chi connectivity index (χ2v) is 8.05. The molecule has 1 unspecified atom stereocenters. The summed E-state index contributed by atoms with van der Waals surface area (Å²) in [6.07, 6.45) is 7.85. The van der Waals surface area contributed by atoms with Crippen molar-refractivity contribution in [1.82, 2.24) is 19.9 Å². The highest BCUT2D eigenvalue weighted by atomic mass is 35.5. The van der Waals surface area contributed by atoms with E-state index in [0.717, 1.165) is 48.0 Å². The van der Waals surface area contributed by atoms with Gasteiger partial charge >= 0.3 is 0 Å². The van der Waals surface area contributed by atoms with Crippen molar-refractivity contribution in [2.75, 3.05) is 18.4 Å². The Morgan fingerprint density at radius 1 is 1.10 bits per heavy atom. The lowest BCUT2D eigenvalue weighted by Gasteiger charge is -2.25. The minimum atomic E-state index is -0.194. The maximum absolute atomic E-state index is 12.5. The highest BCUT2D eigenvalue weighted by Gasteiger charge is 2.21. The van der Waals surface area contributed by atoms with Gasteiger partial charge in [-0.15, -0.1) is 0 Å². The maximum Gasteiger partial charge on any atom is 0.256 e. The van der Waals surface area contributed by atoms with Gasteiger partial charge in [0.2, 0.25) is 0 Å². The highest BCUT2D eigenvalue weighted by Crippen LogP contribution is 2.37. The summed E-state index contributed by atoms with van der Waals surface area (Å²) in [6, 6.07) is 15.4. The number of fused-ring (bicyclic) bond motifs is 1. The second kappa shape index (κ2) is 8.49. The fourth-order valence-electron chi connectivity index (χ4n) is 4.18. The molecule has 4 heterocycles. The SMILES string of the molecule is O=C(Nc1ccccn1)c1ccc(-c2cn(C3CCCNC3)c3ccnc(Cl)c23)cc1. The van der Waals surface area contributed by atoms with Crippen LogP contribution in [0.3, 0.4) is 0 Å². The first-order chi connectivity index (χ1) is 15.2. The van der Waals surface area contributed by atoms with Gasteiger partial charge in [0.1, 0.15) is 11.0 Å². The van der Waals surface area contributed by atoms with Crippen molar-refractivity contribution in [2.24, 2.45) is 0 Å². The van der Waals surface area contributed by atoms with Gasteiger partial charge in [-0.2, -0.15) is 0 Å². The molecule has 1 atom stereocenters. The molecule has 5 rings (SSSR count). The monoisotopic (exact) mass is 431 g/mol. The van der Waals surface area contributed by atoms with Crippen LogP contribution in [-0.2, 0) is 0 Å². The molecule has 1 amide bonds. The molecule has 4 aromatic rings. The van der Waals surface area contributed by atoms with Crippen LogP contribution in [0.4, 0.5) is 5.82 Å². The third-order valence-electron chi connectivity index (χ3n) is 5.73. The van der Waals surface area contributed by atoms with E-state index in [1.807, 2.05) is 42.5 Å². The molecule has 0 bridgehead atoms. The molecular weight excluding hydrogens is 410 g/mol. The van der Waals surface area contributed by atoms with E-state index < -0.39 is 0 Å². The number of piperidine rings is 1. The zero-order valence-electron chi connectivity index (χ0n) is 16.9. The lowest BCUT2D eigenvalue weighted by Crippen LogP contribution is -2.31. The van der Waals surface area contributed by atoms with E-state index in [1.165, 1.54) is 0 Å². The van der Waals surface area contributed by atoms with Crippen molar-refractivity contribution in [2.45, 2.75) is 18.9 Å². The normalized spacial score (nSPS) is 16.4. The Hall–Kier alpha value is -3.22. The van der Waals surface area contributed by atoms with Crippen molar-refractivity contribution in [3.63, 3.8) is 0 Å². The van der Waals surface area contributed by atoms with Gasteiger partial charge in [0.05, 0.1) is 5.52 Å². The van der Waals surface area contributed by atoms with Gasteiger partial charge in [-0.05, 0) is 55.3 Å². The number of carbonyl (C=O) groups excluding carboxylic acids is 1. The van der Waals surface area contributed by atoms with E-state index in [9.17, 15) is 4.79 Å². The van der Waals surface area contributed by atoms with Crippen LogP contribution in [0, 0.1) is 0 Å². The van der Waals surface area contributed by atoms with Crippen LogP contribution in [0.5, 0.6) is 0 Å². The Kier molecular flexibility index (Phi) is 5.40. The topological polar surface area (TPSA) is 71.8 Å². The Morgan fingerprint density at radius 2 is 1.97 bits per heavy atom. The number of halogens is 1. The van der Waals surface area contributed by atoms with Crippen molar-refractivity contribution in [3.8, 4) is 11.1 Å². The standard InChI is InChI=1S/C24H22ClN5O/c25-23-22-19(15-30(20(22)10-13-28-23)18-4-3-11-26-14-18)16-6-8-17(9-7-16)24(31)29-21-5-1-2-12-27-21/h1-2,5-10,12-13,15,18,26H,3-4,11,14H2,(H,27,29,31). The summed E-state index contributed by atoms with van der Waals surface area (Å²) >= 11 is 6.53. The minimum absolute atomic E-state index is 0.194. The number of nitrogens with zero attached hydrogens (tertiary/aromatic N) is 3. The molecular formula is C24H22ClN5O. The summed E-state index contributed by atoms with van der Waals surface area (Å²) in [4.78, 5) is 21.0. The Labute approximate surface area is 185 Å². The van der Waals surface area contributed by atoms with E-state index >= 15 is 0 Å². The van der Waals surface area contributed by atoms with Crippen LogP contribution in [0.1, 0.15) is 29.2 Å². The average molecular weight is 432 g/mol. The predicted octanol–water partition coefficient (Wildman–Crippen LogP) is 4.93. The summed E-state index contributed by atoms with van der Waals surface area (Å²) in [5.41, 5.74) is 3.67. The molecule has 1 fully saturated rings. The number of anilines is 1. The van der Waals surface area contributed by atoms with Crippen LogP contribution in [0.25, 0.3) is 22.0 Å². The molecule has 0 aliphatic carbocycles. The van der Waals surface area contributed by atoms with Gasteiger partial charge in [-0.3, -0.25) is 4.79 Å². The smallest absolute Gasteiger partial charge is 0.256 e. The number of benzene rings is 1. The fourth-order valence-corrected chi connectivity index (χ4v) is 4.44. The molecule has 1 aromatic carbocycles. The molecule has 7 heteroatoms. The van der Waals surface area contributed by atoms with Crippen molar-refractivity contribution in [1.29, 1.82) is 0 Å². The van der Waals surface area contributed by atoms with Gasteiger partial charge in [0, 0.05) is 47.7 Å². The van der Waals surface area contributed by atoms with Crippen molar-refractivity contribution >= 4 is 34.2 Å². The van der Waals surface area contributed by atoms with E-state index in [0.29, 0.717) is 22.6 Å². The average Bonchev–Trinajstić information content (AvgIpc) is 3.21. The Bertz CT molecular complexity index is 1210. The molecule has 6 nitrogen and oxygen atoms in total. The maximum atomic E-state index is 12.5. The molecule has 0 spiro atoms. The summed E-state index contributed by atoms with van der Waals surface area (Å²) in [6.45, 7) is 2.00. The van der Waals surface area contributed by atoms with E-state index in [4.69, 9.17) is 11.6 Å². The summed E-state index contributed by atoms with van der Waals surface area (Å²) < 4.78 is 2.31. The van der Waals surface area contributed by atoms with Crippen LogP contribution in [0.2, 0.25) is 5.15 Å². The highest BCUT2D eigenvalue weighted by molar-refractivity contribution is 6.35. The number of carbonyl (C=O) groups is 1. The quantitative estimate of drug-likeness (QED) is 0.449. The molecule has 1 aliphatic heterocycles. The zero-order valence-corrected chi connectivity index (χ0v) is 17.6. The number of hydrogen-bond donors (Lipinski definition) is 2. The molecule has 2 N–H and O–H groups in total. The largest absolute Gasteiger partial charge is 0.342 e. The summed E-state index contributed by atoms with van der Waals surface area (Å²) in [7, 11) is 0. The zero-order chi connectivity index (χ0) is 21.2. The lowest BCUT2D eigenvalue weighted by atomic mass is 10.0. The first-order valence-corrected chi connectivity index (χ1v) is 10.8. The number of aromatic nitrogens is 3. The molecule has 31 heavy (non-hydrogen) atoms. The van der Waals surface area contributed by atoms with Crippen LogP contribution < -0.4 is 10.6 Å². The second-order valence-electron chi connectivity index (χ2n) is 7.69. The first kappa shape index (κ1) is 19.7. The molecule has 1 aliphatic rings. The predicted molar refractivity (Wildman–Crippen MR) is 124 cm³/mol. The number of rotatable bonds is 4. The number of hydrogen-bond acceptors (Lipinski definition) is 4. The molecule has 0 radical (unpaired) electrons. The van der Waals surface area contributed by atoms with Gasteiger partial charge in [-0.1, -0.05) is 29.8 Å². The third-order valence-corrected chi connectivity index (χ3v) is 6.01. The molecule has 1 saturated heterocycles. The third kappa shape index (κ3) is 3.92. The van der Waals surface area contributed by atoms with Gasteiger partial charge in [0.15, 0.2) is 0 Å². The number of amides is 1. The van der Waals surface area contributed by atoms with Crippen LogP contribution in [0.15, 0.2) is 67.1 Å². The summed E-state index contributed by atoms with van der Waals surface area (Å²) in [5.74, 6) is 0.333. The van der Waals surface area contributed by atoms with E-state index in [2.05, 4.69) is 31.4 Å². The van der Waals surface area contributed by atoms with Crippen LogP contribution in [-0.4, -0.2) is 33.5 Å².